The molecule has 0 bridgehead atoms. The van der Waals surface area contributed by atoms with Gasteiger partial charge in [0.25, 0.3) is 0 Å². The number of nitrogens with zero attached hydrogens (tertiary/aromatic N) is 1. The zero-order chi connectivity index (χ0) is 24.6. The number of alkyl halides is 2. The first kappa shape index (κ1) is 23.9. The van der Waals surface area contributed by atoms with E-state index in [0.717, 1.165) is 5.56 Å². The average molecular weight is 479 g/mol. The number of oxazole rings is 1. The minimum Gasteiger partial charge on any atom is -0.493 e. The molecule has 6 nitrogen and oxygen atoms in total. The summed E-state index contributed by atoms with van der Waals surface area (Å²) in [5, 5.41) is 0. The van der Waals surface area contributed by atoms with Gasteiger partial charge < -0.3 is 18.6 Å². The highest BCUT2D eigenvalue weighted by molar-refractivity contribution is 5.83. The molecule has 0 unspecified atom stereocenters. The van der Waals surface area contributed by atoms with Gasteiger partial charge in [-0.15, -0.1) is 0 Å². The monoisotopic (exact) mass is 479 g/mol. The van der Waals surface area contributed by atoms with E-state index in [1.807, 2.05) is 30.3 Å². The minimum absolute atomic E-state index is 0.0139. The quantitative estimate of drug-likeness (QED) is 0.267. The minimum atomic E-state index is -2.96. The van der Waals surface area contributed by atoms with Gasteiger partial charge in [0, 0.05) is 17.5 Å². The Balaban J connectivity index is 1.44. The number of rotatable bonds is 11. The molecule has 4 aromatic rings. The Morgan fingerprint density at radius 1 is 0.943 bits per heavy atom. The standard InChI is InChI=1S/C27H23F2NO5/c1-32-24-12-11-20(14-25(24)33-16-18-7-3-2-4-8-18)26-30-21(17-34-26)15-22(31)13-19-9-5-6-10-23(19)35-27(28)29/h2-12,14,17,27H,13,15-16H2,1H3. The van der Waals surface area contributed by atoms with E-state index in [9.17, 15) is 13.6 Å². The van der Waals surface area contributed by atoms with Crippen LogP contribution in [-0.4, -0.2) is 24.5 Å². The van der Waals surface area contributed by atoms with E-state index >= 15 is 0 Å². The number of ketones is 1. The van der Waals surface area contributed by atoms with Crippen LogP contribution in [0.5, 0.6) is 17.2 Å². The van der Waals surface area contributed by atoms with Crippen molar-refractivity contribution in [1.82, 2.24) is 4.98 Å². The summed E-state index contributed by atoms with van der Waals surface area (Å²) in [7, 11) is 1.56. The van der Waals surface area contributed by atoms with Crippen LogP contribution in [0.3, 0.4) is 0 Å². The topological polar surface area (TPSA) is 70.8 Å². The Kier molecular flexibility index (Phi) is 7.72. The molecule has 8 heteroatoms. The van der Waals surface area contributed by atoms with E-state index in [1.165, 1.54) is 12.3 Å². The Labute approximate surface area is 201 Å². The number of benzene rings is 3. The number of Topliss-reactive ketones (excluding diaryl/α,β-unsaturated/α-hetero) is 1. The lowest BCUT2D eigenvalue weighted by atomic mass is 10.1. The predicted octanol–water partition coefficient (Wildman–Crippen LogP) is 5.88. The molecule has 35 heavy (non-hydrogen) atoms. The van der Waals surface area contributed by atoms with Gasteiger partial charge in [-0.1, -0.05) is 48.5 Å². The number of para-hydroxylation sites is 1. The molecule has 0 saturated carbocycles. The van der Waals surface area contributed by atoms with Crippen molar-refractivity contribution >= 4 is 5.78 Å². The number of hydrogen-bond donors (Lipinski definition) is 0. The summed E-state index contributed by atoms with van der Waals surface area (Å²) in [4.78, 5) is 17.0. The molecule has 1 aromatic heterocycles. The maximum Gasteiger partial charge on any atom is 0.387 e. The zero-order valence-corrected chi connectivity index (χ0v) is 18.9. The van der Waals surface area contributed by atoms with Gasteiger partial charge in [0.2, 0.25) is 5.89 Å². The highest BCUT2D eigenvalue weighted by atomic mass is 19.3. The molecule has 0 saturated heterocycles. The van der Waals surface area contributed by atoms with Crippen molar-refractivity contribution in [2.45, 2.75) is 26.1 Å². The molecule has 0 aliphatic heterocycles. The number of ether oxygens (including phenoxy) is 3. The van der Waals surface area contributed by atoms with Gasteiger partial charge in [-0.05, 0) is 29.8 Å². The second-order valence-corrected chi connectivity index (χ2v) is 7.66. The van der Waals surface area contributed by atoms with Gasteiger partial charge in [-0.3, -0.25) is 4.79 Å². The predicted molar refractivity (Wildman–Crippen MR) is 125 cm³/mol. The van der Waals surface area contributed by atoms with Crippen LogP contribution >= 0.6 is 0 Å². The van der Waals surface area contributed by atoms with Gasteiger partial charge in [-0.25, -0.2) is 4.98 Å². The summed E-state index contributed by atoms with van der Waals surface area (Å²) in [6.07, 6.45) is 1.33. The first-order chi connectivity index (χ1) is 17.0. The van der Waals surface area contributed by atoms with Gasteiger partial charge in [0.15, 0.2) is 11.5 Å². The van der Waals surface area contributed by atoms with E-state index < -0.39 is 6.61 Å². The fourth-order valence-corrected chi connectivity index (χ4v) is 3.52. The molecule has 0 spiro atoms. The molecule has 180 valence electrons. The van der Waals surface area contributed by atoms with Crippen molar-refractivity contribution in [3.63, 3.8) is 0 Å². The lowest BCUT2D eigenvalue weighted by Gasteiger charge is -2.11. The van der Waals surface area contributed by atoms with E-state index in [-0.39, 0.29) is 24.4 Å². The second-order valence-electron chi connectivity index (χ2n) is 7.66. The molecule has 0 N–H and O–H groups in total. The molecular weight excluding hydrogens is 456 g/mol. The molecule has 1 heterocycles. The fraction of sp³-hybridized carbons (Fsp3) is 0.185. The van der Waals surface area contributed by atoms with E-state index in [2.05, 4.69) is 9.72 Å². The van der Waals surface area contributed by atoms with Crippen LogP contribution in [0.15, 0.2) is 83.5 Å². The molecule has 0 radical (unpaired) electrons. The smallest absolute Gasteiger partial charge is 0.387 e. The molecular formula is C27H23F2NO5. The number of aromatic nitrogens is 1. The summed E-state index contributed by atoms with van der Waals surface area (Å²) in [5.74, 6) is 1.19. The van der Waals surface area contributed by atoms with Crippen LogP contribution in [0.1, 0.15) is 16.8 Å². The zero-order valence-electron chi connectivity index (χ0n) is 18.9. The number of carbonyl (C=O) groups is 1. The Hall–Kier alpha value is -4.20. The van der Waals surface area contributed by atoms with Crippen molar-refractivity contribution in [2.24, 2.45) is 0 Å². The van der Waals surface area contributed by atoms with Crippen molar-refractivity contribution < 1.29 is 32.2 Å². The maximum atomic E-state index is 12.6. The summed E-state index contributed by atoms with van der Waals surface area (Å²) < 4.78 is 46.6. The first-order valence-electron chi connectivity index (χ1n) is 10.9. The third-order valence-corrected chi connectivity index (χ3v) is 5.15. The van der Waals surface area contributed by atoms with Crippen LogP contribution in [0.25, 0.3) is 11.5 Å². The molecule has 4 rings (SSSR count). The van der Waals surface area contributed by atoms with Crippen LogP contribution in [0.4, 0.5) is 8.78 Å². The summed E-state index contributed by atoms with van der Waals surface area (Å²) in [5.41, 5.74) is 2.48. The second kappa shape index (κ2) is 11.3. The van der Waals surface area contributed by atoms with Crippen molar-refractivity contribution in [1.29, 1.82) is 0 Å². The largest absolute Gasteiger partial charge is 0.493 e. The van der Waals surface area contributed by atoms with Crippen LogP contribution < -0.4 is 14.2 Å². The number of methoxy groups -OCH3 is 1. The normalized spacial score (nSPS) is 10.9. The maximum absolute atomic E-state index is 12.6. The van der Waals surface area contributed by atoms with E-state index in [0.29, 0.717) is 40.8 Å². The molecule has 0 atom stereocenters. The van der Waals surface area contributed by atoms with Crippen molar-refractivity contribution in [2.75, 3.05) is 7.11 Å². The SMILES string of the molecule is COc1ccc(-c2nc(CC(=O)Cc3ccccc3OC(F)F)co2)cc1OCc1ccccc1. The summed E-state index contributed by atoms with van der Waals surface area (Å²) in [6.45, 7) is -2.60. The number of hydrogen-bond acceptors (Lipinski definition) is 6. The van der Waals surface area contributed by atoms with Gasteiger partial charge in [0.05, 0.1) is 19.2 Å². The molecule has 0 aliphatic carbocycles. The Bertz CT molecular complexity index is 1270. The Morgan fingerprint density at radius 2 is 1.71 bits per heavy atom. The van der Waals surface area contributed by atoms with Gasteiger partial charge in [-0.2, -0.15) is 8.78 Å². The molecule has 0 amide bonds. The molecule has 0 aliphatic rings. The average Bonchev–Trinajstić information content (AvgIpc) is 3.32. The lowest BCUT2D eigenvalue weighted by Crippen LogP contribution is -2.10. The van der Waals surface area contributed by atoms with Crippen LogP contribution in [0, 0.1) is 0 Å². The summed E-state index contributed by atoms with van der Waals surface area (Å²) in [6, 6.07) is 21.3. The molecule has 0 fully saturated rings. The molecule has 3 aromatic carbocycles. The van der Waals surface area contributed by atoms with Crippen LogP contribution in [0.2, 0.25) is 0 Å². The fourth-order valence-electron chi connectivity index (χ4n) is 3.52. The van der Waals surface area contributed by atoms with Gasteiger partial charge in [0.1, 0.15) is 24.4 Å². The van der Waals surface area contributed by atoms with E-state index in [4.69, 9.17) is 13.9 Å². The van der Waals surface area contributed by atoms with E-state index in [1.54, 1.807) is 43.5 Å². The third kappa shape index (κ3) is 6.44. The highest BCUT2D eigenvalue weighted by Crippen LogP contribution is 2.33. The van der Waals surface area contributed by atoms with Gasteiger partial charge >= 0.3 is 6.61 Å². The first-order valence-corrected chi connectivity index (χ1v) is 10.9. The highest BCUT2D eigenvalue weighted by Gasteiger charge is 2.16. The summed E-state index contributed by atoms with van der Waals surface area (Å²) >= 11 is 0. The van der Waals surface area contributed by atoms with Crippen LogP contribution in [-0.2, 0) is 24.2 Å². The number of carbonyl (C=O) groups excluding carboxylic acids is 1. The number of halogens is 2. The van der Waals surface area contributed by atoms with Crippen molar-refractivity contribution in [3.8, 4) is 28.7 Å². The lowest BCUT2D eigenvalue weighted by molar-refractivity contribution is -0.118. The van der Waals surface area contributed by atoms with Crippen molar-refractivity contribution in [3.05, 3.63) is 95.9 Å². The third-order valence-electron chi connectivity index (χ3n) is 5.15. The Morgan fingerprint density at radius 3 is 2.49 bits per heavy atom.